The van der Waals surface area contributed by atoms with Crippen LogP contribution in [-0.4, -0.2) is 0 Å². The van der Waals surface area contributed by atoms with Crippen molar-refractivity contribution in [1.29, 1.82) is 0 Å². The summed E-state index contributed by atoms with van der Waals surface area (Å²) in [4.78, 5) is 0. The molecule has 0 atom stereocenters. The zero-order valence-electron chi connectivity index (χ0n) is 13.9. The fraction of sp³-hybridized carbons (Fsp3) is 0.0833. The Morgan fingerprint density at radius 3 is 1.96 bits per heavy atom. The lowest BCUT2D eigenvalue weighted by Gasteiger charge is -2.11. The predicted octanol–water partition coefficient (Wildman–Crippen LogP) is 6.92. The number of benzene rings is 5. The molecule has 0 nitrogen and oxygen atoms in total. The molecular weight excluding hydrogens is 288 g/mol. The fourth-order valence-electron chi connectivity index (χ4n) is 3.90. The summed E-state index contributed by atoms with van der Waals surface area (Å²) < 4.78 is 0. The lowest BCUT2D eigenvalue weighted by molar-refractivity contribution is 1.38. The van der Waals surface area contributed by atoms with E-state index in [2.05, 4.69) is 86.6 Å². The maximum absolute atomic E-state index is 2.36. The van der Waals surface area contributed by atoms with Crippen LogP contribution in [0.1, 0.15) is 11.1 Å². The monoisotopic (exact) mass is 306 g/mol. The van der Waals surface area contributed by atoms with Crippen molar-refractivity contribution in [3.8, 4) is 0 Å². The molecule has 5 aromatic carbocycles. The maximum atomic E-state index is 2.36. The first kappa shape index (κ1) is 13.6. The smallest absolute Gasteiger partial charge is 0.00987 e. The van der Waals surface area contributed by atoms with Gasteiger partial charge < -0.3 is 0 Å². The highest BCUT2D eigenvalue weighted by molar-refractivity contribution is 6.19. The standard InChI is InChI=1S/C24H18/c1-15-7-8-18-14-24-19(13-23(18)16(15)2)10-12-21-20-6-4-3-5-17(20)9-11-22(21)24/h3-14H,1-2H3. The van der Waals surface area contributed by atoms with Crippen LogP contribution in [0.3, 0.4) is 0 Å². The molecule has 0 aliphatic heterocycles. The summed E-state index contributed by atoms with van der Waals surface area (Å²) in [5.74, 6) is 0. The molecule has 0 saturated carbocycles. The van der Waals surface area contributed by atoms with Crippen molar-refractivity contribution in [3.05, 3.63) is 83.9 Å². The number of hydrogen-bond acceptors (Lipinski definition) is 0. The first-order valence-corrected chi connectivity index (χ1v) is 8.46. The van der Waals surface area contributed by atoms with Crippen molar-refractivity contribution < 1.29 is 0 Å². The van der Waals surface area contributed by atoms with Crippen LogP contribution in [0.15, 0.2) is 72.8 Å². The summed E-state index contributed by atoms with van der Waals surface area (Å²) in [7, 11) is 0. The van der Waals surface area contributed by atoms with E-state index >= 15 is 0 Å². The molecule has 0 radical (unpaired) electrons. The molecule has 0 aliphatic rings. The lowest BCUT2D eigenvalue weighted by Crippen LogP contribution is -1.86. The van der Waals surface area contributed by atoms with E-state index in [-0.39, 0.29) is 0 Å². The van der Waals surface area contributed by atoms with Crippen molar-refractivity contribution in [1.82, 2.24) is 0 Å². The second-order valence-corrected chi connectivity index (χ2v) is 6.75. The molecule has 0 saturated heterocycles. The van der Waals surface area contributed by atoms with E-state index in [1.807, 2.05) is 0 Å². The molecule has 0 aliphatic carbocycles. The van der Waals surface area contributed by atoms with Gasteiger partial charge in [0.05, 0.1) is 0 Å². The molecule has 0 N–H and O–H groups in total. The summed E-state index contributed by atoms with van der Waals surface area (Å²) in [6, 6.07) is 26.9. The van der Waals surface area contributed by atoms with Gasteiger partial charge in [-0.1, -0.05) is 60.7 Å². The Hall–Kier alpha value is -2.86. The van der Waals surface area contributed by atoms with Gasteiger partial charge in [0.15, 0.2) is 0 Å². The van der Waals surface area contributed by atoms with Crippen LogP contribution in [0, 0.1) is 13.8 Å². The molecule has 0 unspecified atom stereocenters. The third kappa shape index (κ3) is 1.80. The minimum atomic E-state index is 1.30. The van der Waals surface area contributed by atoms with Gasteiger partial charge in [-0.15, -0.1) is 0 Å². The van der Waals surface area contributed by atoms with Crippen molar-refractivity contribution in [2.24, 2.45) is 0 Å². The second kappa shape index (κ2) is 4.82. The Morgan fingerprint density at radius 2 is 1.08 bits per heavy atom. The fourth-order valence-corrected chi connectivity index (χ4v) is 3.90. The van der Waals surface area contributed by atoms with Crippen LogP contribution in [0.25, 0.3) is 43.1 Å². The quantitative estimate of drug-likeness (QED) is 0.215. The predicted molar refractivity (Wildman–Crippen MR) is 106 cm³/mol. The van der Waals surface area contributed by atoms with Gasteiger partial charge in [-0.05, 0) is 80.2 Å². The molecule has 0 spiro atoms. The van der Waals surface area contributed by atoms with Crippen LogP contribution in [-0.2, 0) is 0 Å². The van der Waals surface area contributed by atoms with E-state index in [4.69, 9.17) is 0 Å². The summed E-state index contributed by atoms with van der Waals surface area (Å²) in [6.07, 6.45) is 0. The molecule has 0 aromatic heterocycles. The van der Waals surface area contributed by atoms with E-state index in [1.165, 1.54) is 54.2 Å². The number of aryl methyl sites for hydroxylation is 2. The van der Waals surface area contributed by atoms with E-state index in [0.29, 0.717) is 0 Å². The van der Waals surface area contributed by atoms with Gasteiger partial charge in [0, 0.05) is 0 Å². The third-order valence-corrected chi connectivity index (χ3v) is 5.42. The summed E-state index contributed by atoms with van der Waals surface area (Å²) in [6.45, 7) is 4.41. The van der Waals surface area contributed by atoms with Gasteiger partial charge in [-0.3, -0.25) is 0 Å². The average Bonchev–Trinajstić information content (AvgIpc) is 2.63. The van der Waals surface area contributed by atoms with Crippen LogP contribution < -0.4 is 0 Å². The molecule has 0 bridgehead atoms. The topological polar surface area (TPSA) is 0 Å². The summed E-state index contributed by atoms with van der Waals surface area (Å²) >= 11 is 0. The van der Waals surface area contributed by atoms with Crippen molar-refractivity contribution in [3.63, 3.8) is 0 Å². The van der Waals surface area contributed by atoms with Crippen molar-refractivity contribution in [2.45, 2.75) is 13.8 Å². The van der Waals surface area contributed by atoms with Gasteiger partial charge >= 0.3 is 0 Å². The molecule has 5 rings (SSSR count). The van der Waals surface area contributed by atoms with E-state index < -0.39 is 0 Å². The van der Waals surface area contributed by atoms with E-state index in [9.17, 15) is 0 Å². The zero-order chi connectivity index (χ0) is 16.3. The lowest BCUT2D eigenvalue weighted by atomic mass is 9.93. The van der Waals surface area contributed by atoms with Crippen molar-refractivity contribution >= 4 is 43.1 Å². The summed E-state index contributed by atoms with van der Waals surface area (Å²) in [5, 5.41) is 10.7. The Kier molecular flexibility index (Phi) is 2.72. The molecule has 0 heteroatoms. The largest absolute Gasteiger partial charge is 0.0616 e. The van der Waals surface area contributed by atoms with Crippen LogP contribution in [0.2, 0.25) is 0 Å². The number of rotatable bonds is 0. The van der Waals surface area contributed by atoms with Gasteiger partial charge in [-0.25, -0.2) is 0 Å². The van der Waals surface area contributed by atoms with E-state index in [0.717, 1.165) is 0 Å². The average molecular weight is 306 g/mol. The Balaban J connectivity index is 1.98. The van der Waals surface area contributed by atoms with Gasteiger partial charge in [-0.2, -0.15) is 0 Å². The molecule has 5 aromatic rings. The maximum Gasteiger partial charge on any atom is -0.00987 e. The normalized spacial score (nSPS) is 11.8. The van der Waals surface area contributed by atoms with Gasteiger partial charge in [0.1, 0.15) is 0 Å². The number of hydrogen-bond donors (Lipinski definition) is 0. The first-order valence-electron chi connectivity index (χ1n) is 8.46. The second-order valence-electron chi connectivity index (χ2n) is 6.75. The van der Waals surface area contributed by atoms with Crippen LogP contribution in [0.4, 0.5) is 0 Å². The SMILES string of the molecule is Cc1ccc2cc3c(ccc4c5ccccc5ccc34)cc2c1C. The molecule has 0 heterocycles. The molecule has 24 heavy (non-hydrogen) atoms. The number of fused-ring (bicyclic) bond motifs is 6. The van der Waals surface area contributed by atoms with Gasteiger partial charge in [0.2, 0.25) is 0 Å². The van der Waals surface area contributed by atoms with E-state index in [1.54, 1.807) is 0 Å². The van der Waals surface area contributed by atoms with Gasteiger partial charge in [0.25, 0.3) is 0 Å². The Morgan fingerprint density at radius 1 is 0.458 bits per heavy atom. The molecule has 114 valence electrons. The third-order valence-electron chi connectivity index (χ3n) is 5.42. The Labute approximate surface area is 141 Å². The summed E-state index contributed by atoms with van der Waals surface area (Å²) in [5.41, 5.74) is 2.74. The Bertz CT molecular complexity index is 1260. The van der Waals surface area contributed by atoms with Crippen LogP contribution >= 0.6 is 0 Å². The minimum Gasteiger partial charge on any atom is -0.0616 e. The highest BCUT2D eigenvalue weighted by Crippen LogP contribution is 2.34. The minimum absolute atomic E-state index is 1.30. The first-order chi connectivity index (χ1) is 11.7. The highest BCUT2D eigenvalue weighted by atomic mass is 14.1. The van der Waals surface area contributed by atoms with Crippen molar-refractivity contribution in [2.75, 3.05) is 0 Å². The highest BCUT2D eigenvalue weighted by Gasteiger charge is 2.07. The molecule has 0 amide bonds. The van der Waals surface area contributed by atoms with Crippen LogP contribution in [0.5, 0.6) is 0 Å². The molecular formula is C24H18. The molecule has 0 fully saturated rings. The zero-order valence-corrected chi connectivity index (χ0v) is 13.9.